The normalized spacial score (nSPS) is 10.4. The number of anilines is 9. The summed E-state index contributed by atoms with van der Waals surface area (Å²) in [6.45, 7) is 0. The smallest absolute Gasteiger partial charge is 0.131 e. The molecule has 0 aromatic heterocycles. The van der Waals surface area contributed by atoms with Gasteiger partial charge in [0.1, 0.15) is 28.7 Å². The number of hydrogen-bond donors (Lipinski definition) is 1. The lowest BCUT2D eigenvalue weighted by molar-refractivity contribution is 0.460. The lowest BCUT2D eigenvalue weighted by atomic mass is 10.2. The highest BCUT2D eigenvalue weighted by Crippen LogP contribution is 2.40. The first-order valence-corrected chi connectivity index (χ1v) is 25.6. The molecule has 0 spiro atoms. The fraction of sp³-hybridized carbons (Fsp3) is 0. The van der Waals surface area contributed by atoms with Gasteiger partial charge in [0, 0.05) is 84.4 Å². The number of hydrogen-bond acceptors (Lipinski definition) is 6. The molecule has 0 aliphatic heterocycles. The van der Waals surface area contributed by atoms with Gasteiger partial charge in [0.15, 0.2) is 0 Å². The maximum Gasteiger partial charge on any atom is 0.131 e. The van der Waals surface area contributed by atoms with Gasteiger partial charge in [-0.3, -0.25) is 0 Å². The molecule has 0 fully saturated rings. The Kier molecular flexibility index (Phi) is 17.3. The number of benzene rings is 11. The minimum Gasteiger partial charge on any atom is -0.508 e. The summed E-state index contributed by atoms with van der Waals surface area (Å²) in [7, 11) is 0. The van der Waals surface area contributed by atoms with E-state index in [9.17, 15) is 5.11 Å². The molecule has 6 nitrogen and oxygen atoms in total. The van der Waals surface area contributed by atoms with E-state index in [0.29, 0.717) is 11.5 Å². The molecular formula is C66H51Br2N3O3. The second-order valence-electron chi connectivity index (χ2n) is 16.7. The van der Waals surface area contributed by atoms with Gasteiger partial charge in [-0.05, 0) is 140 Å². The lowest BCUT2D eigenvalue weighted by Gasteiger charge is -2.26. The van der Waals surface area contributed by atoms with Gasteiger partial charge in [-0.2, -0.15) is 0 Å². The van der Waals surface area contributed by atoms with Crippen LogP contribution in [0.25, 0.3) is 0 Å². The number of para-hydroxylation sites is 6. The summed E-state index contributed by atoms with van der Waals surface area (Å²) >= 11 is 6.66. The fourth-order valence-corrected chi connectivity index (χ4v) is 9.25. The minimum atomic E-state index is 0.263. The molecule has 8 heteroatoms. The summed E-state index contributed by atoms with van der Waals surface area (Å²) in [5.41, 5.74) is 9.34. The monoisotopic (exact) mass is 1090 g/mol. The van der Waals surface area contributed by atoms with Crippen molar-refractivity contribution in [1.29, 1.82) is 0 Å². The topological polar surface area (TPSA) is 48.4 Å². The first kappa shape index (κ1) is 50.1. The molecule has 0 amide bonds. The zero-order valence-corrected chi connectivity index (χ0v) is 43.4. The largest absolute Gasteiger partial charge is 0.508 e. The fourth-order valence-electron chi connectivity index (χ4n) is 8.14. The van der Waals surface area contributed by atoms with Crippen LogP contribution in [0.1, 0.15) is 0 Å². The van der Waals surface area contributed by atoms with Gasteiger partial charge in [-0.15, -0.1) is 0 Å². The van der Waals surface area contributed by atoms with Crippen molar-refractivity contribution in [2.24, 2.45) is 0 Å². The Labute approximate surface area is 450 Å². The molecular weight excluding hydrogens is 1040 g/mol. The molecule has 362 valence electrons. The van der Waals surface area contributed by atoms with Crippen LogP contribution in [0.2, 0.25) is 0 Å². The SMILES string of the molecule is Brc1cccc(Br)c1.Oc1cccc(N(c2ccccc2)c2ccccc2)c1.c1ccc(N(c2ccccc2)c2cccc(Oc3cccc(Oc4cccc(N(c5ccccc5)c5ccccc5)c4)c3)c2)cc1. The summed E-state index contributed by atoms with van der Waals surface area (Å²) in [6, 6.07) is 101. The quantitative estimate of drug-likeness (QED) is 0.124. The van der Waals surface area contributed by atoms with Gasteiger partial charge >= 0.3 is 0 Å². The maximum absolute atomic E-state index is 9.73. The Morgan fingerprint density at radius 2 is 0.473 bits per heavy atom. The molecule has 0 saturated heterocycles. The van der Waals surface area contributed by atoms with Crippen LogP contribution < -0.4 is 24.2 Å². The predicted octanol–water partition coefficient (Wildman–Crippen LogP) is 20.3. The molecule has 0 aliphatic carbocycles. The Morgan fingerprint density at radius 3 is 0.757 bits per heavy atom. The van der Waals surface area contributed by atoms with E-state index in [4.69, 9.17) is 9.47 Å². The zero-order chi connectivity index (χ0) is 50.7. The van der Waals surface area contributed by atoms with Crippen LogP contribution in [0, 0.1) is 0 Å². The predicted molar refractivity (Wildman–Crippen MR) is 313 cm³/mol. The molecule has 74 heavy (non-hydrogen) atoms. The van der Waals surface area contributed by atoms with Gasteiger partial charge in [0.2, 0.25) is 0 Å². The molecule has 0 unspecified atom stereocenters. The van der Waals surface area contributed by atoms with Gasteiger partial charge in [-0.1, -0.05) is 171 Å². The third-order valence-corrected chi connectivity index (χ3v) is 12.4. The highest BCUT2D eigenvalue weighted by atomic mass is 79.9. The molecule has 1 N–H and O–H groups in total. The molecule has 11 rings (SSSR count). The van der Waals surface area contributed by atoms with Crippen LogP contribution in [0.15, 0.2) is 312 Å². The van der Waals surface area contributed by atoms with Crippen molar-refractivity contribution in [1.82, 2.24) is 0 Å². The highest BCUT2D eigenvalue weighted by molar-refractivity contribution is 9.11. The second-order valence-corrected chi connectivity index (χ2v) is 18.5. The van der Waals surface area contributed by atoms with Crippen LogP contribution in [0.3, 0.4) is 0 Å². The van der Waals surface area contributed by atoms with Crippen molar-refractivity contribution in [3.8, 4) is 28.7 Å². The third-order valence-electron chi connectivity index (χ3n) is 11.4. The summed E-state index contributed by atoms with van der Waals surface area (Å²) in [5, 5.41) is 9.73. The number of rotatable bonds is 13. The zero-order valence-electron chi connectivity index (χ0n) is 40.2. The van der Waals surface area contributed by atoms with Crippen LogP contribution in [-0.2, 0) is 0 Å². The van der Waals surface area contributed by atoms with E-state index in [1.807, 2.05) is 194 Å². The lowest BCUT2D eigenvalue weighted by Crippen LogP contribution is -2.09. The Hall–Kier alpha value is -8.82. The van der Waals surface area contributed by atoms with E-state index in [2.05, 4.69) is 144 Å². The second kappa shape index (κ2) is 25.5. The standard InChI is InChI=1S/C42H32N2O2.C18H15NO.C6H4Br2/c1-5-16-33(17-6-1)43(34-18-7-2-8-19-34)37-24-13-26-39(30-37)45-41-28-15-29-42(32-41)46-40-27-14-25-38(31-40)44(35-20-9-3-10-21-35)36-22-11-4-12-23-36;20-18-13-7-12-17(14-18)19(15-8-3-1-4-9-15)16-10-5-2-6-11-16;7-5-2-1-3-6(8)4-5/h1-32H;1-14,20H;1-4H. The van der Waals surface area contributed by atoms with Gasteiger partial charge in [0.05, 0.1) is 0 Å². The van der Waals surface area contributed by atoms with E-state index in [-0.39, 0.29) is 5.75 Å². The molecule has 11 aromatic carbocycles. The van der Waals surface area contributed by atoms with Crippen molar-refractivity contribution in [2.75, 3.05) is 14.7 Å². The average Bonchev–Trinajstić information content (AvgIpc) is 3.44. The van der Waals surface area contributed by atoms with Crippen molar-refractivity contribution >= 4 is 83.0 Å². The van der Waals surface area contributed by atoms with Gasteiger partial charge < -0.3 is 29.3 Å². The molecule has 0 saturated carbocycles. The first-order chi connectivity index (χ1) is 36.4. The van der Waals surface area contributed by atoms with E-state index >= 15 is 0 Å². The van der Waals surface area contributed by atoms with E-state index in [1.165, 1.54) is 0 Å². The van der Waals surface area contributed by atoms with Crippen molar-refractivity contribution < 1.29 is 14.6 Å². The van der Waals surface area contributed by atoms with Crippen molar-refractivity contribution in [3.05, 3.63) is 312 Å². The van der Waals surface area contributed by atoms with E-state index in [0.717, 1.165) is 71.6 Å². The maximum atomic E-state index is 9.73. The number of ether oxygens (including phenoxy) is 2. The summed E-state index contributed by atoms with van der Waals surface area (Å²) in [6.07, 6.45) is 0. The Morgan fingerprint density at radius 1 is 0.230 bits per heavy atom. The molecule has 11 aromatic rings. The van der Waals surface area contributed by atoms with E-state index < -0.39 is 0 Å². The number of phenolic OH excluding ortho intramolecular Hbond substituents is 1. The molecule has 0 aliphatic rings. The van der Waals surface area contributed by atoms with E-state index in [1.54, 1.807) is 12.1 Å². The minimum absolute atomic E-state index is 0.263. The Balaban J connectivity index is 0.000000196. The number of aromatic hydroxyl groups is 1. The third kappa shape index (κ3) is 13.8. The molecule has 0 heterocycles. The number of nitrogens with zero attached hydrogens (tertiary/aromatic N) is 3. The number of halogens is 2. The molecule has 0 bridgehead atoms. The van der Waals surface area contributed by atoms with Crippen LogP contribution in [0.5, 0.6) is 28.7 Å². The van der Waals surface area contributed by atoms with Crippen LogP contribution >= 0.6 is 31.9 Å². The average molecular weight is 1090 g/mol. The van der Waals surface area contributed by atoms with Crippen LogP contribution in [-0.4, -0.2) is 5.11 Å². The first-order valence-electron chi connectivity index (χ1n) is 24.0. The summed E-state index contributed by atoms with van der Waals surface area (Å²) < 4.78 is 15.0. The van der Waals surface area contributed by atoms with Crippen LogP contribution in [0.4, 0.5) is 51.2 Å². The molecule has 0 radical (unpaired) electrons. The summed E-state index contributed by atoms with van der Waals surface area (Å²) in [5.74, 6) is 3.10. The number of phenols is 1. The van der Waals surface area contributed by atoms with Crippen molar-refractivity contribution in [3.63, 3.8) is 0 Å². The highest BCUT2D eigenvalue weighted by Gasteiger charge is 2.16. The van der Waals surface area contributed by atoms with Gasteiger partial charge in [0.25, 0.3) is 0 Å². The van der Waals surface area contributed by atoms with Gasteiger partial charge in [-0.25, -0.2) is 0 Å². The summed E-state index contributed by atoms with van der Waals surface area (Å²) in [4.78, 5) is 6.54. The molecule has 0 atom stereocenters. The Bertz CT molecular complexity index is 3170. The van der Waals surface area contributed by atoms with Crippen molar-refractivity contribution in [2.45, 2.75) is 0 Å².